The molecular formula is C8H13NO2. The van der Waals surface area contributed by atoms with E-state index in [4.69, 9.17) is 5.73 Å². The molecule has 2 N–H and O–H groups in total. The number of carbonyl (C=O) groups is 1. The Balaban J connectivity index is 4.42. The van der Waals surface area contributed by atoms with Crippen LogP contribution in [0.1, 0.15) is 6.92 Å². The third kappa shape index (κ3) is 2.55. The maximum Gasteiger partial charge on any atom is 0.335 e. The first kappa shape index (κ1) is 9.91. The van der Waals surface area contributed by atoms with Crippen LogP contribution in [-0.2, 0) is 9.53 Å². The summed E-state index contributed by atoms with van der Waals surface area (Å²) < 4.78 is 4.49. The van der Waals surface area contributed by atoms with Crippen molar-refractivity contribution in [1.82, 2.24) is 0 Å². The Kier molecular flexibility index (Phi) is 4.22. The molecule has 62 valence electrons. The zero-order chi connectivity index (χ0) is 8.85. The van der Waals surface area contributed by atoms with Crippen molar-refractivity contribution in [2.75, 3.05) is 7.11 Å². The fourth-order valence-electron chi connectivity index (χ4n) is 0.691. The molecule has 0 aliphatic heterocycles. The lowest BCUT2D eigenvalue weighted by molar-refractivity contribution is -0.136. The van der Waals surface area contributed by atoms with E-state index in [2.05, 4.69) is 11.3 Å². The molecule has 3 nitrogen and oxygen atoms in total. The van der Waals surface area contributed by atoms with Gasteiger partial charge in [-0.1, -0.05) is 12.2 Å². The number of hydrogen-bond acceptors (Lipinski definition) is 3. The number of nitrogens with two attached hydrogens (primary N) is 1. The van der Waals surface area contributed by atoms with Crippen molar-refractivity contribution < 1.29 is 9.53 Å². The molecular weight excluding hydrogens is 142 g/mol. The molecule has 0 aliphatic carbocycles. The topological polar surface area (TPSA) is 52.3 Å². The molecule has 0 rings (SSSR count). The SMILES string of the molecule is C=CC(N)C(=CC)C(=O)OC. The van der Waals surface area contributed by atoms with Gasteiger partial charge in [0.15, 0.2) is 0 Å². The fraction of sp³-hybridized carbons (Fsp3) is 0.375. The Bertz CT molecular complexity index is 185. The van der Waals surface area contributed by atoms with E-state index in [0.717, 1.165) is 0 Å². The lowest BCUT2D eigenvalue weighted by Gasteiger charge is -2.08. The lowest BCUT2D eigenvalue weighted by atomic mass is 10.1. The molecule has 3 heteroatoms. The van der Waals surface area contributed by atoms with E-state index >= 15 is 0 Å². The molecule has 0 aliphatic rings. The van der Waals surface area contributed by atoms with Gasteiger partial charge in [-0.05, 0) is 6.92 Å². The van der Waals surface area contributed by atoms with Crippen LogP contribution in [0.5, 0.6) is 0 Å². The first-order valence-electron chi connectivity index (χ1n) is 3.30. The van der Waals surface area contributed by atoms with E-state index in [1.54, 1.807) is 13.0 Å². The van der Waals surface area contributed by atoms with Crippen molar-refractivity contribution in [3.63, 3.8) is 0 Å². The minimum absolute atomic E-state index is 0.403. The van der Waals surface area contributed by atoms with Gasteiger partial charge in [0.1, 0.15) is 0 Å². The zero-order valence-corrected chi connectivity index (χ0v) is 6.83. The molecule has 1 unspecified atom stereocenters. The van der Waals surface area contributed by atoms with E-state index in [0.29, 0.717) is 5.57 Å². The molecule has 0 aromatic heterocycles. The van der Waals surface area contributed by atoms with Gasteiger partial charge >= 0.3 is 5.97 Å². The van der Waals surface area contributed by atoms with Crippen molar-refractivity contribution in [3.05, 3.63) is 24.3 Å². The molecule has 0 radical (unpaired) electrons. The molecule has 0 fully saturated rings. The highest BCUT2D eigenvalue weighted by molar-refractivity contribution is 5.90. The molecule has 0 heterocycles. The predicted octanol–water partition coefficient (Wildman–Crippen LogP) is 0.619. The quantitative estimate of drug-likeness (QED) is 0.369. The summed E-state index contributed by atoms with van der Waals surface area (Å²) in [6.07, 6.45) is 3.12. The minimum atomic E-state index is -0.438. The highest BCUT2D eigenvalue weighted by Gasteiger charge is 2.13. The number of esters is 1. The number of allylic oxidation sites excluding steroid dienone is 1. The Morgan fingerprint density at radius 1 is 1.73 bits per heavy atom. The van der Waals surface area contributed by atoms with Crippen LogP contribution in [0.2, 0.25) is 0 Å². The van der Waals surface area contributed by atoms with Crippen molar-refractivity contribution in [2.24, 2.45) is 5.73 Å². The monoisotopic (exact) mass is 155 g/mol. The van der Waals surface area contributed by atoms with Crippen LogP contribution in [0.3, 0.4) is 0 Å². The van der Waals surface area contributed by atoms with Gasteiger partial charge < -0.3 is 10.5 Å². The van der Waals surface area contributed by atoms with Crippen LogP contribution in [0.15, 0.2) is 24.3 Å². The number of ether oxygens (including phenoxy) is 1. The summed E-state index contributed by atoms with van der Waals surface area (Å²) in [6, 6.07) is -0.438. The summed E-state index contributed by atoms with van der Waals surface area (Å²) in [4.78, 5) is 10.9. The van der Waals surface area contributed by atoms with E-state index in [1.807, 2.05) is 0 Å². The van der Waals surface area contributed by atoms with Gasteiger partial charge in [0.25, 0.3) is 0 Å². The summed E-state index contributed by atoms with van der Waals surface area (Å²) in [6.45, 7) is 5.20. The van der Waals surface area contributed by atoms with Crippen LogP contribution >= 0.6 is 0 Å². The van der Waals surface area contributed by atoms with Crippen molar-refractivity contribution >= 4 is 5.97 Å². The number of methoxy groups -OCH3 is 1. The minimum Gasteiger partial charge on any atom is -0.466 e. The van der Waals surface area contributed by atoms with Gasteiger partial charge in [0.05, 0.1) is 18.7 Å². The predicted molar refractivity (Wildman–Crippen MR) is 43.9 cm³/mol. The molecule has 0 amide bonds. The average molecular weight is 155 g/mol. The molecule has 0 saturated carbocycles. The van der Waals surface area contributed by atoms with Crippen molar-refractivity contribution in [2.45, 2.75) is 13.0 Å². The number of hydrogen-bond donors (Lipinski definition) is 1. The average Bonchev–Trinajstić information content (AvgIpc) is 2.05. The molecule has 1 atom stereocenters. The first-order valence-corrected chi connectivity index (χ1v) is 3.30. The van der Waals surface area contributed by atoms with E-state index in [9.17, 15) is 4.79 Å². The highest BCUT2D eigenvalue weighted by Crippen LogP contribution is 2.02. The third-order valence-electron chi connectivity index (χ3n) is 1.35. The van der Waals surface area contributed by atoms with Crippen LogP contribution in [0, 0.1) is 0 Å². The second kappa shape index (κ2) is 4.68. The van der Waals surface area contributed by atoms with Crippen LogP contribution < -0.4 is 5.73 Å². The fourth-order valence-corrected chi connectivity index (χ4v) is 0.691. The summed E-state index contributed by atoms with van der Waals surface area (Å²) >= 11 is 0. The van der Waals surface area contributed by atoms with Crippen LogP contribution in [0.4, 0.5) is 0 Å². The Hall–Kier alpha value is -1.09. The smallest absolute Gasteiger partial charge is 0.335 e. The standard InChI is InChI=1S/C8H13NO2/c1-4-6(7(9)5-2)8(10)11-3/h4-5,7H,2,9H2,1,3H3. The normalized spacial score (nSPS) is 13.9. The van der Waals surface area contributed by atoms with Gasteiger partial charge in [-0.3, -0.25) is 0 Å². The maximum absolute atomic E-state index is 10.9. The molecule has 0 bridgehead atoms. The number of rotatable bonds is 3. The van der Waals surface area contributed by atoms with E-state index in [-0.39, 0.29) is 0 Å². The van der Waals surface area contributed by atoms with Gasteiger partial charge in [-0.25, -0.2) is 4.79 Å². The Morgan fingerprint density at radius 2 is 2.27 bits per heavy atom. The molecule has 0 spiro atoms. The molecule has 11 heavy (non-hydrogen) atoms. The molecule has 0 saturated heterocycles. The second-order valence-corrected chi connectivity index (χ2v) is 2.00. The van der Waals surface area contributed by atoms with Crippen LogP contribution in [-0.4, -0.2) is 19.1 Å². The van der Waals surface area contributed by atoms with Gasteiger partial charge in [0, 0.05) is 0 Å². The van der Waals surface area contributed by atoms with E-state index < -0.39 is 12.0 Å². The largest absolute Gasteiger partial charge is 0.466 e. The summed E-state index contributed by atoms with van der Waals surface area (Å²) in [5.41, 5.74) is 5.95. The van der Waals surface area contributed by atoms with Crippen molar-refractivity contribution in [1.29, 1.82) is 0 Å². The Labute approximate surface area is 66.5 Å². The zero-order valence-electron chi connectivity index (χ0n) is 6.83. The first-order chi connectivity index (χ1) is 5.17. The highest BCUT2D eigenvalue weighted by atomic mass is 16.5. The molecule has 0 aromatic rings. The van der Waals surface area contributed by atoms with Gasteiger partial charge in [-0.2, -0.15) is 0 Å². The van der Waals surface area contributed by atoms with E-state index in [1.165, 1.54) is 13.2 Å². The van der Waals surface area contributed by atoms with Crippen LogP contribution in [0.25, 0.3) is 0 Å². The molecule has 0 aromatic carbocycles. The summed E-state index contributed by atoms with van der Waals surface area (Å²) in [5, 5.41) is 0. The lowest BCUT2D eigenvalue weighted by Crippen LogP contribution is -2.25. The third-order valence-corrected chi connectivity index (χ3v) is 1.35. The second-order valence-electron chi connectivity index (χ2n) is 2.00. The summed E-state index contributed by atoms with van der Waals surface area (Å²) in [5.74, 6) is -0.403. The van der Waals surface area contributed by atoms with Gasteiger partial charge in [-0.15, -0.1) is 6.58 Å². The Morgan fingerprint density at radius 3 is 2.55 bits per heavy atom. The number of carbonyl (C=O) groups excluding carboxylic acids is 1. The summed E-state index contributed by atoms with van der Waals surface area (Å²) in [7, 11) is 1.32. The maximum atomic E-state index is 10.9. The van der Waals surface area contributed by atoms with Gasteiger partial charge in [0.2, 0.25) is 0 Å². The van der Waals surface area contributed by atoms with Crippen molar-refractivity contribution in [3.8, 4) is 0 Å².